The van der Waals surface area contributed by atoms with Crippen molar-refractivity contribution in [3.05, 3.63) is 11.7 Å². The lowest BCUT2D eigenvalue weighted by Gasteiger charge is -2.13. The first kappa shape index (κ1) is 11.5. The minimum atomic E-state index is 0.369. The Labute approximate surface area is 106 Å². The molecule has 2 fully saturated rings. The monoisotopic (exact) mass is 253 g/mol. The van der Waals surface area contributed by atoms with E-state index in [-0.39, 0.29) is 0 Å². The van der Waals surface area contributed by atoms with Gasteiger partial charge in [0.15, 0.2) is 5.82 Å². The second-order valence-corrected chi connectivity index (χ2v) is 6.85. The first-order chi connectivity index (χ1) is 8.12. The Morgan fingerprint density at radius 1 is 1.41 bits per heavy atom. The third kappa shape index (κ3) is 1.99. The minimum absolute atomic E-state index is 0.369. The molecule has 0 spiro atoms. The standard InChI is InChI=1S/C12H19N3OS/c1-12(2)4-8(12)10-14-11(16-15-10)7-5-17-6-9(7)13-3/h7-9,13H,4-6H2,1-3H3. The van der Waals surface area contributed by atoms with Crippen LogP contribution in [0.3, 0.4) is 0 Å². The first-order valence-corrected chi connectivity index (χ1v) is 7.36. The van der Waals surface area contributed by atoms with E-state index >= 15 is 0 Å². The van der Waals surface area contributed by atoms with Gasteiger partial charge >= 0.3 is 0 Å². The Bertz CT molecular complexity index is 418. The zero-order chi connectivity index (χ0) is 12.0. The number of hydrogen-bond acceptors (Lipinski definition) is 5. The molecule has 1 aliphatic carbocycles. The second kappa shape index (κ2) is 3.99. The fraction of sp³-hybridized carbons (Fsp3) is 0.833. The van der Waals surface area contributed by atoms with Gasteiger partial charge in [-0.3, -0.25) is 0 Å². The van der Waals surface area contributed by atoms with Gasteiger partial charge in [0.25, 0.3) is 0 Å². The Kier molecular flexibility index (Phi) is 2.70. The van der Waals surface area contributed by atoms with Crippen LogP contribution in [-0.2, 0) is 0 Å². The van der Waals surface area contributed by atoms with Crippen molar-refractivity contribution in [3.63, 3.8) is 0 Å². The van der Waals surface area contributed by atoms with Crippen LogP contribution in [0, 0.1) is 5.41 Å². The Balaban J connectivity index is 1.76. The van der Waals surface area contributed by atoms with Crippen molar-refractivity contribution in [2.24, 2.45) is 5.41 Å². The molecule has 3 atom stereocenters. The highest BCUT2D eigenvalue weighted by Gasteiger charge is 2.50. The molecule has 1 saturated carbocycles. The highest BCUT2D eigenvalue weighted by molar-refractivity contribution is 7.99. The van der Waals surface area contributed by atoms with Crippen LogP contribution in [0.2, 0.25) is 0 Å². The van der Waals surface area contributed by atoms with Gasteiger partial charge in [-0.15, -0.1) is 0 Å². The van der Waals surface area contributed by atoms with Gasteiger partial charge in [0, 0.05) is 23.5 Å². The average molecular weight is 253 g/mol. The van der Waals surface area contributed by atoms with Gasteiger partial charge in [0.1, 0.15) is 0 Å². The van der Waals surface area contributed by atoms with Gasteiger partial charge in [0.05, 0.1) is 5.92 Å². The fourth-order valence-corrected chi connectivity index (χ4v) is 3.95. The summed E-state index contributed by atoms with van der Waals surface area (Å²) in [6, 6.07) is 0.473. The summed E-state index contributed by atoms with van der Waals surface area (Å²) in [4.78, 5) is 4.62. The second-order valence-electron chi connectivity index (χ2n) is 5.78. The molecule has 1 N–H and O–H groups in total. The lowest BCUT2D eigenvalue weighted by atomic mass is 10.0. The summed E-state index contributed by atoms with van der Waals surface area (Å²) in [6.07, 6.45) is 1.18. The zero-order valence-corrected chi connectivity index (χ0v) is 11.4. The van der Waals surface area contributed by atoms with E-state index in [2.05, 4.69) is 29.3 Å². The molecular formula is C12H19N3OS. The predicted molar refractivity (Wildman–Crippen MR) is 68.4 cm³/mol. The topological polar surface area (TPSA) is 51.0 Å². The van der Waals surface area contributed by atoms with E-state index in [0.717, 1.165) is 23.2 Å². The zero-order valence-electron chi connectivity index (χ0n) is 10.6. The van der Waals surface area contributed by atoms with Gasteiger partial charge in [0.2, 0.25) is 5.89 Å². The average Bonchev–Trinajstić information content (AvgIpc) is 2.80. The first-order valence-electron chi connectivity index (χ1n) is 6.20. The molecule has 1 saturated heterocycles. The maximum atomic E-state index is 5.46. The van der Waals surface area contributed by atoms with Crippen LogP contribution in [0.15, 0.2) is 4.52 Å². The van der Waals surface area contributed by atoms with E-state index in [1.807, 2.05) is 18.8 Å². The van der Waals surface area contributed by atoms with Crippen LogP contribution in [0.5, 0.6) is 0 Å². The number of nitrogens with one attached hydrogen (secondary N) is 1. The molecule has 1 aliphatic heterocycles. The Hall–Kier alpha value is -0.550. The third-order valence-electron chi connectivity index (χ3n) is 4.05. The van der Waals surface area contributed by atoms with E-state index in [9.17, 15) is 0 Å². The van der Waals surface area contributed by atoms with Gasteiger partial charge in [-0.25, -0.2) is 0 Å². The summed E-state index contributed by atoms with van der Waals surface area (Å²) in [7, 11) is 2.00. The van der Waals surface area contributed by atoms with Crippen LogP contribution in [-0.4, -0.2) is 34.7 Å². The largest absolute Gasteiger partial charge is 0.339 e. The van der Waals surface area contributed by atoms with Crippen LogP contribution in [0.4, 0.5) is 0 Å². The number of aromatic nitrogens is 2. The van der Waals surface area contributed by atoms with Gasteiger partial charge < -0.3 is 9.84 Å². The van der Waals surface area contributed by atoms with Crippen molar-refractivity contribution in [2.75, 3.05) is 18.6 Å². The van der Waals surface area contributed by atoms with Crippen molar-refractivity contribution < 1.29 is 4.52 Å². The number of thioether (sulfide) groups is 1. The lowest BCUT2D eigenvalue weighted by molar-refractivity contribution is 0.339. The smallest absolute Gasteiger partial charge is 0.232 e. The van der Waals surface area contributed by atoms with E-state index in [1.165, 1.54) is 6.42 Å². The minimum Gasteiger partial charge on any atom is -0.339 e. The summed E-state index contributed by atoms with van der Waals surface area (Å²) in [5.74, 6) is 4.84. The molecule has 94 valence electrons. The van der Waals surface area contributed by atoms with Crippen molar-refractivity contribution in [3.8, 4) is 0 Å². The molecule has 5 heteroatoms. The molecule has 0 amide bonds. The van der Waals surface area contributed by atoms with Crippen LogP contribution in [0.25, 0.3) is 0 Å². The number of hydrogen-bond donors (Lipinski definition) is 1. The highest BCUT2D eigenvalue weighted by Crippen LogP contribution is 2.57. The SMILES string of the molecule is CNC1CSCC1c1nc(C2CC2(C)C)no1. The molecule has 3 rings (SSSR count). The number of nitrogens with zero attached hydrogens (tertiary/aromatic N) is 2. The molecule has 1 aromatic rings. The van der Waals surface area contributed by atoms with Gasteiger partial charge in [-0.2, -0.15) is 16.7 Å². The van der Waals surface area contributed by atoms with Crippen molar-refractivity contribution in [2.45, 2.75) is 38.1 Å². The summed E-state index contributed by atoms with van der Waals surface area (Å²) < 4.78 is 5.46. The summed E-state index contributed by atoms with van der Waals surface area (Å²) >= 11 is 1.95. The van der Waals surface area contributed by atoms with E-state index in [0.29, 0.717) is 23.3 Å². The van der Waals surface area contributed by atoms with E-state index < -0.39 is 0 Å². The maximum Gasteiger partial charge on any atom is 0.232 e. The molecule has 17 heavy (non-hydrogen) atoms. The van der Waals surface area contributed by atoms with Crippen LogP contribution < -0.4 is 5.32 Å². The summed E-state index contributed by atoms with van der Waals surface area (Å²) in [5.41, 5.74) is 0.369. The summed E-state index contributed by atoms with van der Waals surface area (Å²) in [6.45, 7) is 4.52. The molecule has 2 aliphatic rings. The molecule has 4 nitrogen and oxygen atoms in total. The van der Waals surface area contributed by atoms with E-state index in [4.69, 9.17) is 4.52 Å². The third-order valence-corrected chi connectivity index (χ3v) is 5.24. The molecule has 0 aromatic carbocycles. The predicted octanol–water partition coefficient (Wildman–Crippen LogP) is 2.00. The molecule has 0 radical (unpaired) electrons. The van der Waals surface area contributed by atoms with Crippen molar-refractivity contribution >= 4 is 11.8 Å². The summed E-state index contributed by atoms with van der Waals surface area (Å²) in [5, 5.41) is 7.50. The van der Waals surface area contributed by atoms with Crippen molar-refractivity contribution in [1.29, 1.82) is 0 Å². The molecule has 2 heterocycles. The van der Waals surface area contributed by atoms with E-state index in [1.54, 1.807) is 0 Å². The molecule has 0 bridgehead atoms. The molecular weight excluding hydrogens is 234 g/mol. The van der Waals surface area contributed by atoms with Gasteiger partial charge in [-0.05, 0) is 18.9 Å². The Morgan fingerprint density at radius 2 is 2.18 bits per heavy atom. The maximum absolute atomic E-state index is 5.46. The fourth-order valence-electron chi connectivity index (χ4n) is 2.53. The molecule has 3 unspecified atom stereocenters. The van der Waals surface area contributed by atoms with Crippen LogP contribution >= 0.6 is 11.8 Å². The molecule has 1 aromatic heterocycles. The van der Waals surface area contributed by atoms with Crippen molar-refractivity contribution in [1.82, 2.24) is 15.5 Å². The van der Waals surface area contributed by atoms with Crippen LogP contribution in [0.1, 0.15) is 43.8 Å². The van der Waals surface area contributed by atoms with Gasteiger partial charge in [-0.1, -0.05) is 19.0 Å². The number of likely N-dealkylation sites (N-methyl/N-ethyl adjacent to an activating group) is 1. The highest BCUT2D eigenvalue weighted by atomic mass is 32.2. The number of rotatable bonds is 3. The normalized spacial score (nSPS) is 35.1. The quantitative estimate of drug-likeness (QED) is 0.893. The Morgan fingerprint density at radius 3 is 2.82 bits per heavy atom. The lowest BCUT2D eigenvalue weighted by Crippen LogP contribution is -2.31.